The van der Waals surface area contributed by atoms with Gasteiger partial charge in [-0.15, -0.1) is 0 Å². The molecule has 0 aliphatic carbocycles. The van der Waals surface area contributed by atoms with Gasteiger partial charge in [-0.3, -0.25) is 4.90 Å². The molecule has 0 aliphatic rings. The van der Waals surface area contributed by atoms with Gasteiger partial charge in [0.25, 0.3) is 0 Å². The van der Waals surface area contributed by atoms with Crippen LogP contribution in [0.1, 0.15) is 33.3 Å². The van der Waals surface area contributed by atoms with Crippen LogP contribution in [-0.4, -0.2) is 30.6 Å². The molecule has 0 aromatic heterocycles. The Hall–Kier alpha value is -0.860. The van der Waals surface area contributed by atoms with Crippen LogP contribution in [-0.2, 0) is 6.42 Å². The summed E-state index contributed by atoms with van der Waals surface area (Å²) < 4.78 is 0. The molecule has 0 spiro atoms. The molecule has 0 fully saturated rings. The van der Waals surface area contributed by atoms with Gasteiger partial charge in [0.2, 0.25) is 0 Å². The standard InChI is InChI=1S/C17H30N2/c1-14(2)12-19(13-15(3)4)17(11-18)10-16-8-6-5-7-9-16/h5-9,14-15,17H,10-13,18H2,1-4H3. The fourth-order valence-corrected chi connectivity index (χ4v) is 2.56. The van der Waals surface area contributed by atoms with E-state index in [4.69, 9.17) is 5.73 Å². The Morgan fingerprint density at radius 3 is 1.89 bits per heavy atom. The van der Waals surface area contributed by atoms with Crippen molar-refractivity contribution >= 4 is 0 Å². The van der Waals surface area contributed by atoms with E-state index in [2.05, 4.69) is 62.9 Å². The first-order valence-electron chi connectivity index (χ1n) is 7.51. The second kappa shape index (κ2) is 8.34. The summed E-state index contributed by atoms with van der Waals surface area (Å²) >= 11 is 0. The van der Waals surface area contributed by atoms with Crippen molar-refractivity contribution in [2.45, 2.75) is 40.2 Å². The van der Waals surface area contributed by atoms with Gasteiger partial charge in [-0.2, -0.15) is 0 Å². The van der Waals surface area contributed by atoms with Crippen LogP contribution in [0.2, 0.25) is 0 Å². The van der Waals surface area contributed by atoms with Crippen molar-refractivity contribution < 1.29 is 0 Å². The molecular formula is C17H30N2. The number of nitrogens with two attached hydrogens (primary N) is 1. The van der Waals surface area contributed by atoms with Crippen LogP contribution in [0.5, 0.6) is 0 Å². The van der Waals surface area contributed by atoms with Crippen LogP contribution in [0.15, 0.2) is 30.3 Å². The summed E-state index contributed by atoms with van der Waals surface area (Å²) in [6.07, 6.45) is 1.05. The molecule has 1 aromatic carbocycles. The molecule has 1 atom stereocenters. The number of hydrogen-bond donors (Lipinski definition) is 1. The largest absolute Gasteiger partial charge is 0.329 e. The normalized spacial score (nSPS) is 13.5. The number of benzene rings is 1. The van der Waals surface area contributed by atoms with E-state index in [-0.39, 0.29) is 0 Å². The molecule has 2 nitrogen and oxygen atoms in total. The minimum Gasteiger partial charge on any atom is -0.329 e. The van der Waals surface area contributed by atoms with Crippen LogP contribution < -0.4 is 5.73 Å². The molecule has 0 saturated carbocycles. The minimum absolute atomic E-state index is 0.451. The lowest BCUT2D eigenvalue weighted by molar-refractivity contribution is 0.158. The van der Waals surface area contributed by atoms with E-state index in [0.29, 0.717) is 17.9 Å². The van der Waals surface area contributed by atoms with Gasteiger partial charge in [-0.25, -0.2) is 0 Å². The third-order valence-corrected chi connectivity index (χ3v) is 3.30. The third-order valence-electron chi connectivity index (χ3n) is 3.30. The molecule has 108 valence electrons. The zero-order chi connectivity index (χ0) is 14.3. The lowest BCUT2D eigenvalue weighted by Gasteiger charge is -2.33. The Labute approximate surface area is 119 Å². The SMILES string of the molecule is CC(C)CN(CC(C)C)C(CN)Cc1ccccc1. The molecule has 1 unspecified atom stereocenters. The molecule has 19 heavy (non-hydrogen) atoms. The highest BCUT2D eigenvalue weighted by Gasteiger charge is 2.19. The Bertz CT molecular complexity index is 322. The fourth-order valence-electron chi connectivity index (χ4n) is 2.56. The summed E-state index contributed by atoms with van der Waals surface area (Å²) in [5, 5.41) is 0. The molecule has 2 heteroatoms. The van der Waals surface area contributed by atoms with Gasteiger partial charge in [0.15, 0.2) is 0 Å². The zero-order valence-electron chi connectivity index (χ0n) is 13.0. The number of hydrogen-bond acceptors (Lipinski definition) is 2. The summed E-state index contributed by atoms with van der Waals surface area (Å²) in [5.41, 5.74) is 7.42. The maximum atomic E-state index is 6.03. The van der Waals surface area contributed by atoms with Crippen molar-refractivity contribution in [1.29, 1.82) is 0 Å². The average Bonchev–Trinajstić information content (AvgIpc) is 2.35. The van der Waals surface area contributed by atoms with Gasteiger partial charge in [-0.1, -0.05) is 58.0 Å². The molecular weight excluding hydrogens is 232 g/mol. The number of rotatable bonds is 8. The Morgan fingerprint density at radius 1 is 0.947 bits per heavy atom. The minimum atomic E-state index is 0.451. The first kappa shape index (κ1) is 16.2. The molecule has 0 heterocycles. The van der Waals surface area contributed by atoms with E-state index in [1.807, 2.05) is 0 Å². The van der Waals surface area contributed by atoms with Crippen molar-refractivity contribution in [2.24, 2.45) is 17.6 Å². The zero-order valence-corrected chi connectivity index (χ0v) is 13.0. The van der Waals surface area contributed by atoms with Gasteiger partial charge in [0, 0.05) is 25.7 Å². The fraction of sp³-hybridized carbons (Fsp3) is 0.647. The molecule has 0 bridgehead atoms. The van der Waals surface area contributed by atoms with Crippen LogP contribution in [0.25, 0.3) is 0 Å². The van der Waals surface area contributed by atoms with Gasteiger partial charge < -0.3 is 5.73 Å². The highest BCUT2D eigenvalue weighted by atomic mass is 15.2. The second-order valence-corrected chi connectivity index (χ2v) is 6.32. The van der Waals surface area contributed by atoms with E-state index in [1.54, 1.807) is 0 Å². The summed E-state index contributed by atoms with van der Waals surface area (Å²) in [4.78, 5) is 2.57. The van der Waals surface area contributed by atoms with Crippen LogP contribution in [0, 0.1) is 11.8 Å². The molecule has 0 amide bonds. The van der Waals surface area contributed by atoms with Gasteiger partial charge in [0.05, 0.1) is 0 Å². The first-order chi connectivity index (χ1) is 9.02. The molecule has 1 aromatic rings. The van der Waals surface area contributed by atoms with Crippen LogP contribution in [0.3, 0.4) is 0 Å². The summed E-state index contributed by atoms with van der Waals surface area (Å²) in [5.74, 6) is 1.37. The predicted molar refractivity (Wildman–Crippen MR) is 84.2 cm³/mol. The monoisotopic (exact) mass is 262 g/mol. The van der Waals surface area contributed by atoms with Crippen LogP contribution >= 0.6 is 0 Å². The average molecular weight is 262 g/mol. The highest BCUT2D eigenvalue weighted by molar-refractivity contribution is 5.16. The summed E-state index contributed by atoms with van der Waals surface area (Å²) in [7, 11) is 0. The maximum Gasteiger partial charge on any atom is 0.0258 e. The quantitative estimate of drug-likeness (QED) is 0.779. The van der Waals surface area contributed by atoms with Gasteiger partial charge in [-0.05, 0) is 23.8 Å². The Balaban J connectivity index is 2.71. The smallest absolute Gasteiger partial charge is 0.0258 e. The maximum absolute atomic E-state index is 6.03. The van der Waals surface area contributed by atoms with Crippen molar-refractivity contribution in [3.8, 4) is 0 Å². The van der Waals surface area contributed by atoms with Crippen molar-refractivity contribution in [2.75, 3.05) is 19.6 Å². The third kappa shape index (κ3) is 6.22. The molecule has 0 aliphatic heterocycles. The molecule has 0 radical (unpaired) electrons. The molecule has 1 rings (SSSR count). The van der Waals surface area contributed by atoms with E-state index >= 15 is 0 Å². The molecule has 0 saturated heterocycles. The van der Waals surface area contributed by atoms with E-state index in [1.165, 1.54) is 5.56 Å². The van der Waals surface area contributed by atoms with E-state index in [9.17, 15) is 0 Å². The van der Waals surface area contributed by atoms with Gasteiger partial charge in [0.1, 0.15) is 0 Å². The van der Waals surface area contributed by atoms with Crippen molar-refractivity contribution in [3.05, 3.63) is 35.9 Å². The second-order valence-electron chi connectivity index (χ2n) is 6.32. The van der Waals surface area contributed by atoms with Crippen molar-refractivity contribution in [1.82, 2.24) is 4.90 Å². The Morgan fingerprint density at radius 2 is 1.47 bits per heavy atom. The molecule has 2 N–H and O–H groups in total. The van der Waals surface area contributed by atoms with E-state index < -0.39 is 0 Å². The van der Waals surface area contributed by atoms with Gasteiger partial charge >= 0.3 is 0 Å². The lowest BCUT2D eigenvalue weighted by Crippen LogP contribution is -2.45. The summed E-state index contributed by atoms with van der Waals surface area (Å²) in [6.45, 7) is 12.1. The number of nitrogens with zero attached hydrogens (tertiary/aromatic N) is 1. The topological polar surface area (TPSA) is 29.3 Å². The highest BCUT2D eigenvalue weighted by Crippen LogP contribution is 2.13. The van der Waals surface area contributed by atoms with Crippen molar-refractivity contribution in [3.63, 3.8) is 0 Å². The Kier molecular flexibility index (Phi) is 7.11. The predicted octanol–water partition coefficient (Wildman–Crippen LogP) is 3.17. The first-order valence-corrected chi connectivity index (χ1v) is 7.51. The lowest BCUT2D eigenvalue weighted by atomic mass is 10.0. The van der Waals surface area contributed by atoms with E-state index in [0.717, 1.165) is 26.1 Å². The van der Waals surface area contributed by atoms with Crippen LogP contribution in [0.4, 0.5) is 0 Å². The summed E-state index contributed by atoms with van der Waals surface area (Å²) in [6, 6.07) is 11.1.